The third kappa shape index (κ3) is 4.46. The Hall–Kier alpha value is -3.52. The van der Waals surface area contributed by atoms with Gasteiger partial charge in [-0.15, -0.1) is 11.3 Å². The zero-order valence-corrected chi connectivity index (χ0v) is 19.9. The van der Waals surface area contributed by atoms with Gasteiger partial charge in [-0.05, 0) is 49.4 Å². The van der Waals surface area contributed by atoms with Crippen LogP contribution in [0.2, 0.25) is 0 Å². The molecule has 0 aliphatic carbocycles. The van der Waals surface area contributed by atoms with Crippen molar-refractivity contribution in [3.63, 3.8) is 0 Å². The predicted molar refractivity (Wildman–Crippen MR) is 132 cm³/mol. The first-order chi connectivity index (χ1) is 16.6. The van der Waals surface area contributed by atoms with Crippen LogP contribution in [0, 0.1) is 6.92 Å². The molecule has 8 heteroatoms. The molecule has 174 valence electrons. The lowest BCUT2D eigenvalue weighted by atomic mass is 10.1. The minimum Gasteiger partial charge on any atom is -0.452 e. The van der Waals surface area contributed by atoms with Crippen molar-refractivity contribution in [1.82, 2.24) is 19.7 Å². The Kier molecular flexibility index (Phi) is 6.40. The van der Waals surface area contributed by atoms with Gasteiger partial charge < -0.3 is 9.64 Å². The number of hydrogen-bond donors (Lipinski definition) is 0. The molecule has 0 unspecified atom stereocenters. The monoisotopic (exact) mass is 474 g/mol. The topological polar surface area (TPSA) is 77.3 Å². The average Bonchev–Trinajstić information content (AvgIpc) is 3.42. The highest BCUT2D eigenvalue weighted by Gasteiger charge is 2.24. The second-order valence-electron chi connectivity index (χ2n) is 8.43. The molecule has 5 rings (SSSR count). The third-order valence-electron chi connectivity index (χ3n) is 6.09. The number of fused-ring (bicyclic) bond motifs is 1. The zero-order chi connectivity index (χ0) is 23.5. The third-order valence-corrected chi connectivity index (χ3v) is 6.98. The summed E-state index contributed by atoms with van der Waals surface area (Å²) in [6.45, 7) is 3.04. The van der Waals surface area contributed by atoms with Crippen LogP contribution in [0.15, 0.2) is 53.9 Å². The van der Waals surface area contributed by atoms with E-state index in [-0.39, 0.29) is 12.5 Å². The van der Waals surface area contributed by atoms with Crippen LogP contribution >= 0.6 is 11.3 Å². The van der Waals surface area contributed by atoms with Crippen LogP contribution < -0.4 is 0 Å². The molecule has 3 aromatic heterocycles. The maximum absolute atomic E-state index is 13.3. The van der Waals surface area contributed by atoms with Crippen LogP contribution in [0.4, 0.5) is 0 Å². The van der Waals surface area contributed by atoms with Gasteiger partial charge in [0.05, 0.1) is 32.9 Å². The number of para-hydroxylation sites is 1. The van der Waals surface area contributed by atoms with E-state index in [1.54, 1.807) is 27.0 Å². The molecular formula is C26H26N4O3S. The van der Waals surface area contributed by atoms with Crippen LogP contribution in [0.3, 0.4) is 0 Å². The van der Waals surface area contributed by atoms with Crippen LogP contribution in [0.25, 0.3) is 27.3 Å². The first kappa shape index (κ1) is 22.3. The summed E-state index contributed by atoms with van der Waals surface area (Å²) in [5.41, 5.74) is 3.16. The Balaban J connectivity index is 1.51. The molecule has 1 amide bonds. The number of hydrogen-bond acceptors (Lipinski definition) is 6. The molecule has 4 aromatic rings. The molecule has 0 atom stereocenters. The van der Waals surface area contributed by atoms with E-state index in [0.29, 0.717) is 28.0 Å². The Morgan fingerprint density at radius 3 is 2.50 bits per heavy atom. The second kappa shape index (κ2) is 9.77. The first-order valence-electron chi connectivity index (χ1n) is 11.6. The number of pyridine rings is 1. The predicted octanol–water partition coefficient (Wildman–Crippen LogP) is 5.02. The first-order valence-corrected chi connectivity index (χ1v) is 12.4. The van der Waals surface area contributed by atoms with E-state index in [9.17, 15) is 9.59 Å². The number of esters is 1. The van der Waals surface area contributed by atoms with Gasteiger partial charge in [-0.2, -0.15) is 5.10 Å². The molecule has 4 heterocycles. The van der Waals surface area contributed by atoms with Crippen molar-refractivity contribution in [2.75, 3.05) is 19.7 Å². The fourth-order valence-electron chi connectivity index (χ4n) is 4.37. The highest BCUT2D eigenvalue weighted by Crippen LogP contribution is 2.31. The van der Waals surface area contributed by atoms with Gasteiger partial charge in [0.25, 0.3) is 5.91 Å². The molecule has 0 N–H and O–H groups in total. The molecule has 7 nitrogen and oxygen atoms in total. The highest BCUT2D eigenvalue weighted by atomic mass is 32.1. The van der Waals surface area contributed by atoms with Gasteiger partial charge in [-0.25, -0.2) is 14.5 Å². The Bertz CT molecular complexity index is 1310. The van der Waals surface area contributed by atoms with Crippen molar-refractivity contribution in [3.05, 3.63) is 65.2 Å². The number of benzene rings is 1. The molecule has 34 heavy (non-hydrogen) atoms. The lowest BCUT2D eigenvalue weighted by Gasteiger charge is -2.20. The quantitative estimate of drug-likeness (QED) is 0.380. The van der Waals surface area contributed by atoms with Crippen molar-refractivity contribution in [2.24, 2.45) is 0 Å². The Morgan fingerprint density at radius 1 is 1.03 bits per heavy atom. The number of carbonyl (C=O) groups excluding carboxylic acids is 2. The van der Waals surface area contributed by atoms with Gasteiger partial charge in [-0.1, -0.05) is 37.1 Å². The molecular weight excluding hydrogens is 448 g/mol. The number of amides is 1. The van der Waals surface area contributed by atoms with Crippen molar-refractivity contribution < 1.29 is 14.3 Å². The summed E-state index contributed by atoms with van der Waals surface area (Å²) >= 11 is 1.55. The number of thiophene rings is 1. The fourth-order valence-corrected chi connectivity index (χ4v) is 5.05. The number of likely N-dealkylation sites (tertiary alicyclic amines) is 1. The second-order valence-corrected chi connectivity index (χ2v) is 9.38. The SMILES string of the molecule is Cc1nn(-c2ccccc2)c2nc(-c3cccs3)cc(C(=O)OCC(=O)N3CCCCCC3)c12. The molecule has 0 bridgehead atoms. The van der Waals surface area contributed by atoms with Crippen LogP contribution in [-0.4, -0.2) is 51.2 Å². The van der Waals surface area contributed by atoms with Crippen LogP contribution in [0.5, 0.6) is 0 Å². The van der Waals surface area contributed by atoms with Crippen LogP contribution in [0.1, 0.15) is 41.7 Å². The van der Waals surface area contributed by atoms with E-state index in [1.807, 2.05) is 54.8 Å². The van der Waals surface area contributed by atoms with Crippen molar-refractivity contribution in [1.29, 1.82) is 0 Å². The summed E-state index contributed by atoms with van der Waals surface area (Å²) in [4.78, 5) is 33.6. The lowest BCUT2D eigenvalue weighted by Crippen LogP contribution is -2.35. The number of nitrogens with zero attached hydrogens (tertiary/aromatic N) is 4. The van der Waals surface area contributed by atoms with E-state index in [0.717, 1.165) is 49.3 Å². The number of aromatic nitrogens is 3. The standard InChI is InChI=1S/C26H26N4O3S/c1-18-24-20(26(32)33-17-23(31)29-13-7-2-3-8-14-29)16-21(22-12-9-15-34-22)27-25(24)30(28-18)19-10-5-4-6-11-19/h4-6,9-12,15-16H,2-3,7-8,13-14,17H2,1H3. The molecule has 1 aromatic carbocycles. The largest absolute Gasteiger partial charge is 0.452 e. The van der Waals surface area contributed by atoms with Gasteiger partial charge in [0.15, 0.2) is 12.3 Å². The molecule has 0 saturated carbocycles. The molecule has 0 spiro atoms. The summed E-state index contributed by atoms with van der Waals surface area (Å²) < 4.78 is 7.29. The normalized spacial score (nSPS) is 14.2. The summed E-state index contributed by atoms with van der Waals surface area (Å²) in [5.74, 6) is -0.681. The summed E-state index contributed by atoms with van der Waals surface area (Å²) in [6, 6.07) is 15.4. The van der Waals surface area contributed by atoms with Gasteiger partial charge in [-0.3, -0.25) is 4.79 Å². The lowest BCUT2D eigenvalue weighted by molar-refractivity contribution is -0.134. The number of rotatable bonds is 5. The molecule has 1 aliphatic rings. The van der Waals surface area contributed by atoms with E-state index < -0.39 is 5.97 Å². The van der Waals surface area contributed by atoms with Gasteiger partial charge in [0, 0.05) is 13.1 Å². The molecule has 0 radical (unpaired) electrons. The highest BCUT2D eigenvalue weighted by molar-refractivity contribution is 7.13. The van der Waals surface area contributed by atoms with Crippen molar-refractivity contribution in [3.8, 4) is 16.3 Å². The van der Waals surface area contributed by atoms with E-state index in [4.69, 9.17) is 9.72 Å². The van der Waals surface area contributed by atoms with Gasteiger partial charge in [0.2, 0.25) is 0 Å². The van der Waals surface area contributed by atoms with Crippen molar-refractivity contribution >= 4 is 34.2 Å². The smallest absolute Gasteiger partial charge is 0.339 e. The van der Waals surface area contributed by atoms with Crippen molar-refractivity contribution in [2.45, 2.75) is 32.6 Å². The fraction of sp³-hybridized carbons (Fsp3) is 0.308. The Morgan fingerprint density at radius 2 is 1.79 bits per heavy atom. The number of carbonyl (C=O) groups is 2. The van der Waals surface area contributed by atoms with Crippen LogP contribution in [-0.2, 0) is 9.53 Å². The summed E-state index contributed by atoms with van der Waals surface area (Å²) in [6.07, 6.45) is 4.25. The minimum absolute atomic E-state index is 0.143. The maximum atomic E-state index is 13.3. The average molecular weight is 475 g/mol. The minimum atomic E-state index is -0.538. The van der Waals surface area contributed by atoms with Gasteiger partial charge in [0.1, 0.15) is 0 Å². The molecule has 1 fully saturated rings. The molecule has 1 saturated heterocycles. The van der Waals surface area contributed by atoms with E-state index in [2.05, 4.69) is 5.10 Å². The van der Waals surface area contributed by atoms with Gasteiger partial charge >= 0.3 is 5.97 Å². The summed E-state index contributed by atoms with van der Waals surface area (Å²) in [7, 11) is 0. The number of ether oxygens (including phenoxy) is 1. The maximum Gasteiger partial charge on any atom is 0.339 e. The van der Waals surface area contributed by atoms with E-state index in [1.165, 1.54) is 0 Å². The van der Waals surface area contributed by atoms with E-state index >= 15 is 0 Å². The summed E-state index contributed by atoms with van der Waals surface area (Å²) in [5, 5.41) is 7.29. The zero-order valence-electron chi connectivity index (χ0n) is 19.1. The molecule has 1 aliphatic heterocycles. The number of aryl methyl sites for hydroxylation is 1. The Labute approximate surface area is 202 Å².